The van der Waals surface area contributed by atoms with Crippen LogP contribution in [0.3, 0.4) is 0 Å². The maximum Gasteiger partial charge on any atom is 0.317 e. The summed E-state index contributed by atoms with van der Waals surface area (Å²) in [7, 11) is 0. The molecule has 0 saturated heterocycles. The molecule has 0 fully saturated rings. The molecule has 128 valence electrons. The average Bonchev–Trinajstić information content (AvgIpc) is 2.58. The lowest BCUT2D eigenvalue weighted by Crippen LogP contribution is -2.41. The van der Waals surface area contributed by atoms with E-state index in [9.17, 15) is 9.18 Å². The third-order valence-corrected chi connectivity index (χ3v) is 3.71. The van der Waals surface area contributed by atoms with E-state index in [2.05, 4.69) is 5.32 Å². The van der Waals surface area contributed by atoms with E-state index in [1.165, 1.54) is 18.2 Å². The molecule has 0 bridgehead atoms. The lowest BCUT2D eigenvalue weighted by molar-refractivity contribution is 0.195. The van der Waals surface area contributed by atoms with Crippen molar-refractivity contribution in [3.05, 3.63) is 64.9 Å². The van der Waals surface area contributed by atoms with E-state index in [4.69, 9.17) is 16.3 Å². The van der Waals surface area contributed by atoms with E-state index in [0.717, 1.165) is 5.56 Å². The Hall–Kier alpha value is -2.27. The first kappa shape index (κ1) is 18.1. The summed E-state index contributed by atoms with van der Waals surface area (Å²) in [6.07, 6.45) is 0. The molecule has 0 unspecified atom stereocenters. The summed E-state index contributed by atoms with van der Waals surface area (Å²) in [4.78, 5) is 13.9. The first-order chi connectivity index (χ1) is 11.6. The molecule has 0 aliphatic rings. The van der Waals surface area contributed by atoms with Crippen LogP contribution in [0.25, 0.3) is 0 Å². The summed E-state index contributed by atoms with van der Waals surface area (Å²) in [6.45, 7) is 3.66. The number of urea groups is 1. The maximum absolute atomic E-state index is 12.9. The van der Waals surface area contributed by atoms with Gasteiger partial charge in [-0.2, -0.15) is 0 Å². The van der Waals surface area contributed by atoms with Crippen molar-refractivity contribution < 1.29 is 13.9 Å². The first-order valence-corrected chi connectivity index (χ1v) is 8.12. The highest BCUT2D eigenvalue weighted by atomic mass is 35.5. The van der Waals surface area contributed by atoms with Crippen LogP contribution in [0.1, 0.15) is 12.5 Å². The molecule has 0 saturated carbocycles. The van der Waals surface area contributed by atoms with Crippen molar-refractivity contribution in [2.45, 2.75) is 13.5 Å². The minimum absolute atomic E-state index is 0.157. The fraction of sp³-hybridized carbons (Fsp3) is 0.278. The topological polar surface area (TPSA) is 41.6 Å². The molecule has 1 N–H and O–H groups in total. The molecular formula is C18H20ClFN2O2. The quantitative estimate of drug-likeness (QED) is 0.764. The van der Waals surface area contributed by atoms with Crippen LogP contribution in [-0.2, 0) is 6.54 Å². The van der Waals surface area contributed by atoms with Gasteiger partial charge in [0.15, 0.2) is 0 Å². The van der Waals surface area contributed by atoms with Crippen LogP contribution < -0.4 is 10.1 Å². The fourth-order valence-electron chi connectivity index (χ4n) is 2.15. The number of amides is 2. The van der Waals surface area contributed by atoms with E-state index in [-0.39, 0.29) is 17.7 Å². The summed E-state index contributed by atoms with van der Waals surface area (Å²) in [5, 5.41) is 3.01. The number of hydrogen-bond acceptors (Lipinski definition) is 2. The van der Waals surface area contributed by atoms with Gasteiger partial charge >= 0.3 is 6.03 Å². The number of rotatable bonds is 7. The molecule has 2 aromatic rings. The summed E-state index contributed by atoms with van der Waals surface area (Å²) in [5.74, 6) is -0.0240. The van der Waals surface area contributed by atoms with E-state index >= 15 is 0 Å². The van der Waals surface area contributed by atoms with Crippen LogP contribution in [0.5, 0.6) is 5.75 Å². The number of ether oxygens (including phenoxy) is 1. The molecule has 0 atom stereocenters. The molecular weight excluding hydrogens is 331 g/mol. The van der Waals surface area contributed by atoms with Crippen LogP contribution in [0.4, 0.5) is 9.18 Å². The number of hydrogen-bond donors (Lipinski definition) is 1. The molecule has 0 aliphatic heterocycles. The van der Waals surface area contributed by atoms with Gasteiger partial charge in [0.05, 0.1) is 11.6 Å². The Balaban J connectivity index is 1.77. The van der Waals surface area contributed by atoms with Gasteiger partial charge in [-0.15, -0.1) is 0 Å². The third-order valence-electron chi connectivity index (χ3n) is 3.41. The Labute approximate surface area is 146 Å². The lowest BCUT2D eigenvalue weighted by atomic mass is 10.2. The fourth-order valence-corrected chi connectivity index (χ4v) is 2.38. The third kappa shape index (κ3) is 5.42. The number of nitrogens with zero attached hydrogens (tertiary/aromatic N) is 1. The monoisotopic (exact) mass is 350 g/mol. The van der Waals surface area contributed by atoms with Crippen LogP contribution in [0.2, 0.25) is 5.02 Å². The molecule has 2 amide bonds. The predicted octanol–water partition coefficient (Wildman–Crippen LogP) is 4.09. The van der Waals surface area contributed by atoms with Crippen molar-refractivity contribution in [2.24, 2.45) is 0 Å². The van der Waals surface area contributed by atoms with Crippen LogP contribution in [0.15, 0.2) is 48.5 Å². The van der Waals surface area contributed by atoms with Crippen LogP contribution >= 0.6 is 11.6 Å². The van der Waals surface area contributed by atoms with Gasteiger partial charge in [-0.25, -0.2) is 9.18 Å². The second-order valence-corrected chi connectivity index (χ2v) is 5.56. The molecule has 0 aliphatic carbocycles. The molecule has 2 aromatic carbocycles. The zero-order valence-electron chi connectivity index (χ0n) is 13.5. The molecule has 0 spiro atoms. The highest BCUT2D eigenvalue weighted by molar-refractivity contribution is 6.32. The molecule has 6 heteroatoms. The van der Waals surface area contributed by atoms with Crippen molar-refractivity contribution in [2.75, 3.05) is 19.7 Å². The molecule has 24 heavy (non-hydrogen) atoms. The Morgan fingerprint density at radius 3 is 2.67 bits per heavy atom. The smallest absolute Gasteiger partial charge is 0.317 e. The van der Waals surface area contributed by atoms with Crippen molar-refractivity contribution in [3.63, 3.8) is 0 Å². The zero-order valence-corrected chi connectivity index (χ0v) is 14.2. The van der Waals surface area contributed by atoms with Crippen LogP contribution in [-0.4, -0.2) is 30.6 Å². The number of nitrogens with one attached hydrogen (secondary N) is 1. The van der Waals surface area contributed by atoms with Crippen molar-refractivity contribution in [1.82, 2.24) is 10.2 Å². The minimum Gasteiger partial charge on any atom is -0.490 e. The Kier molecular flexibility index (Phi) is 6.88. The second kappa shape index (κ2) is 9.13. The Morgan fingerprint density at radius 2 is 2.00 bits per heavy atom. The number of carbonyl (C=O) groups excluding carboxylic acids is 1. The average molecular weight is 351 g/mol. The summed E-state index contributed by atoms with van der Waals surface area (Å²) in [6, 6.07) is 13.6. The van der Waals surface area contributed by atoms with E-state index in [1.807, 2.05) is 37.3 Å². The highest BCUT2D eigenvalue weighted by Crippen LogP contribution is 2.24. The number of carbonyl (C=O) groups is 1. The normalized spacial score (nSPS) is 10.3. The second-order valence-electron chi connectivity index (χ2n) is 5.15. The molecule has 2 rings (SSSR count). The maximum atomic E-state index is 12.9. The predicted molar refractivity (Wildman–Crippen MR) is 92.8 cm³/mol. The number of halogens is 2. The minimum atomic E-state index is -0.417. The Morgan fingerprint density at radius 1 is 1.25 bits per heavy atom. The molecule has 0 heterocycles. The van der Waals surface area contributed by atoms with Gasteiger partial charge in [0, 0.05) is 13.1 Å². The van der Waals surface area contributed by atoms with Crippen molar-refractivity contribution >= 4 is 17.6 Å². The standard InChI is InChI=1S/C18H20ClFN2O2/c1-2-22(13-14-6-4-3-5-7-14)18(23)21-10-11-24-17-9-8-15(20)12-16(17)19/h3-9,12H,2,10-11,13H2,1H3,(H,21,23). The van der Waals surface area contributed by atoms with Crippen molar-refractivity contribution in [3.8, 4) is 5.75 Å². The van der Waals surface area contributed by atoms with Gasteiger partial charge in [0.1, 0.15) is 18.2 Å². The van der Waals surface area contributed by atoms with Gasteiger partial charge in [-0.1, -0.05) is 41.9 Å². The summed E-state index contributed by atoms with van der Waals surface area (Å²) in [5.41, 5.74) is 1.07. The van der Waals surface area contributed by atoms with Gasteiger partial charge in [0.25, 0.3) is 0 Å². The highest BCUT2D eigenvalue weighted by Gasteiger charge is 2.11. The first-order valence-electron chi connectivity index (χ1n) is 7.74. The zero-order chi connectivity index (χ0) is 17.4. The van der Waals surface area contributed by atoms with Gasteiger partial charge in [-0.05, 0) is 30.7 Å². The molecule has 0 radical (unpaired) electrons. The number of benzene rings is 2. The summed E-state index contributed by atoms with van der Waals surface area (Å²) < 4.78 is 18.4. The van der Waals surface area contributed by atoms with Crippen molar-refractivity contribution in [1.29, 1.82) is 0 Å². The lowest BCUT2D eigenvalue weighted by Gasteiger charge is -2.21. The summed E-state index contributed by atoms with van der Waals surface area (Å²) >= 11 is 5.87. The van der Waals surface area contributed by atoms with E-state index < -0.39 is 5.82 Å². The SMILES string of the molecule is CCN(Cc1ccccc1)C(=O)NCCOc1ccc(F)cc1Cl. The Bertz CT molecular complexity index is 667. The molecule has 4 nitrogen and oxygen atoms in total. The van der Waals surface area contributed by atoms with Gasteiger partial charge in [-0.3, -0.25) is 0 Å². The van der Waals surface area contributed by atoms with Gasteiger partial charge < -0.3 is 15.0 Å². The van der Waals surface area contributed by atoms with E-state index in [1.54, 1.807) is 4.90 Å². The van der Waals surface area contributed by atoms with Crippen LogP contribution in [0, 0.1) is 5.82 Å². The van der Waals surface area contributed by atoms with Gasteiger partial charge in [0.2, 0.25) is 0 Å². The molecule has 0 aromatic heterocycles. The van der Waals surface area contributed by atoms with E-state index in [0.29, 0.717) is 25.4 Å². The largest absolute Gasteiger partial charge is 0.490 e.